The van der Waals surface area contributed by atoms with E-state index in [9.17, 15) is 4.79 Å². The number of nitrogens with zero attached hydrogens (tertiary/aromatic N) is 2. The molecule has 2 atom stereocenters. The van der Waals surface area contributed by atoms with Crippen LogP contribution in [0.15, 0.2) is 66.9 Å². The van der Waals surface area contributed by atoms with E-state index in [4.69, 9.17) is 4.74 Å². The first-order valence-electron chi connectivity index (χ1n) is 7.90. The zero-order chi connectivity index (χ0) is 16.5. The van der Waals surface area contributed by atoms with Gasteiger partial charge in [0.2, 0.25) is 0 Å². The van der Waals surface area contributed by atoms with Crippen molar-refractivity contribution in [1.82, 2.24) is 9.78 Å². The van der Waals surface area contributed by atoms with E-state index < -0.39 is 6.10 Å². The first-order chi connectivity index (χ1) is 11.7. The summed E-state index contributed by atoms with van der Waals surface area (Å²) >= 11 is 0. The second kappa shape index (κ2) is 5.85. The summed E-state index contributed by atoms with van der Waals surface area (Å²) < 4.78 is 7.52. The van der Waals surface area contributed by atoms with Gasteiger partial charge < -0.3 is 10.1 Å². The van der Waals surface area contributed by atoms with Crippen molar-refractivity contribution in [3.63, 3.8) is 0 Å². The molecule has 120 valence electrons. The predicted molar refractivity (Wildman–Crippen MR) is 91.5 cm³/mol. The minimum Gasteiger partial charge on any atom is -0.480 e. The number of hydrogen-bond acceptors (Lipinski definition) is 3. The number of carbonyl (C=O) groups is 1. The summed E-state index contributed by atoms with van der Waals surface area (Å²) in [7, 11) is 0. The Morgan fingerprint density at radius 3 is 2.62 bits per heavy atom. The highest BCUT2D eigenvalue weighted by Crippen LogP contribution is 2.37. The Hall–Kier alpha value is -3.08. The Kier molecular flexibility index (Phi) is 3.54. The third-order valence-corrected chi connectivity index (χ3v) is 4.24. The van der Waals surface area contributed by atoms with Crippen molar-refractivity contribution in [2.24, 2.45) is 0 Å². The molecule has 2 aromatic carbocycles. The Morgan fingerprint density at radius 1 is 1.08 bits per heavy atom. The van der Waals surface area contributed by atoms with Gasteiger partial charge in [0, 0.05) is 23.7 Å². The van der Waals surface area contributed by atoms with Crippen LogP contribution < -0.4 is 10.1 Å². The molecule has 0 spiro atoms. The Balaban J connectivity index is 1.49. The van der Waals surface area contributed by atoms with E-state index in [-0.39, 0.29) is 11.8 Å². The monoisotopic (exact) mass is 319 g/mol. The third kappa shape index (κ3) is 2.54. The standard InChI is InChI=1S/C19H17N3O2/c1-13-15-9-5-6-10-16(15)24-18(13)19(23)20-17-11-12-22(21-17)14-7-3-2-4-8-14/h2-13,18H,1H3,(H,20,21,23)/t13-,18-/m1/s1. The maximum Gasteiger partial charge on any atom is 0.267 e. The number of rotatable bonds is 3. The van der Waals surface area contributed by atoms with Crippen molar-refractivity contribution in [2.75, 3.05) is 5.32 Å². The van der Waals surface area contributed by atoms with Crippen LogP contribution in [0.5, 0.6) is 5.75 Å². The molecule has 0 saturated carbocycles. The number of carbonyl (C=O) groups excluding carboxylic acids is 1. The SMILES string of the molecule is C[C@@H]1c2ccccc2O[C@H]1C(=O)Nc1ccn(-c2ccccc2)n1. The number of hydrogen-bond donors (Lipinski definition) is 1. The summed E-state index contributed by atoms with van der Waals surface area (Å²) in [4.78, 5) is 12.6. The van der Waals surface area contributed by atoms with E-state index in [0.717, 1.165) is 17.0 Å². The molecule has 4 rings (SSSR count). The largest absolute Gasteiger partial charge is 0.480 e. The predicted octanol–water partition coefficient (Wildman–Crippen LogP) is 3.38. The van der Waals surface area contributed by atoms with Gasteiger partial charge in [-0.3, -0.25) is 4.79 Å². The molecule has 5 heteroatoms. The Labute approximate surface area is 139 Å². The van der Waals surface area contributed by atoms with Gasteiger partial charge in [-0.15, -0.1) is 0 Å². The number of ether oxygens (including phenoxy) is 1. The lowest BCUT2D eigenvalue weighted by Gasteiger charge is -2.14. The van der Waals surface area contributed by atoms with Gasteiger partial charge in [0.1, 0.15) is 5.75 Å². The van der Waals surface area contributed by atoms with Gasteiger partial charge in [0.25, 0.3) is 5.91 Å². The number of benzene rings is 2. The molecule has 0 unspecified atom stereocenters. The first-order valence-corrected chi connectivity index (χ1v) is 7.90. The first kappa shape index (κ1) is 14.5. The maximum absolute atomic E-state index is 12.6. The fourth-order valence-electron chi connectivity index (χ4n) is 2.96. The average Bonchev–Trinajstić information content (AvgIpc) is 3.21. The van der Waals surface area contributed by atoms with Gasteiger partial charge in [-0.05, 0) is 18.2 Å². The zero-order valence-corrected chi connectivity index (χ0v) is 13.2. The molecule has 1 aromatic heterocycles. The van der Waals surface area contributed by atoms with Gasteiger partial charge in [-0.1, -0.05) is 43.3 Å². The molecule has 5 nitrogen and oxygen atoms in total. The van der Waals surface area contributed by atoms with E-state index in [1.807, 2.05) is 67.7 Å². The molecule has 0 aliphatic carbocycles. The van der Waals surface area contributed by atoms with Crippen molar-refractivity contribution in [1.29, 1.82) is 0 Å². The number of anilines is 1. The van der Waals surface area contributed by atoms with Crippen LogP contribution in [-0.4, -0.2) is 21.8 Å². The summed E-state index contributed by atoms with van der Waals surface area (Å²) in [6.45, 7) is 2.00. The van der Waals surface area contributed by atoms with Crippen molar-refractivity contribution in [2.45, 2.75) is 18.9 Å². The molecule has 0 fully saturated rings. The van der Waals surface area contributed by atoms with Gasteiger partial charge in [-0.2, -0.15) is 5.10 Å². The van der Waals surface area contributed by atoms with E-state index >= 15 is 0 Å². The summed E-state index contributed by atoms with van der Waals surface area (Å²) in [5.41, 5.74) is 2.00. The highest BCUT2D eigenvalue weighted by Gasteiger charge is 2.36. The Bertz CT molecular complexity index is 873. The van der Waals surface area contributed by atoms with Gasteiger partial charge in [-0.25, -0.2) is 4.68 Å². The summed E-state index contributed by atoms with van der Waals surface area (Å²) in [6, 6.07) is 19.3. The number of amides is 1. The van der Waals surface area contributed by atoms with Crippen LogP contribution in [0.2, 0.25) is 0 Å². The second-order valence-corrected chi connectivity index (χ2v) is 5.84. The van der Waals surface area contributed by atoms with Crippen LogP contribution in [0.25, 0.3) is 5.69 Å². The molecular formula is C19H17N3O2. The normalized spacial score (nSPS) is 18.7. The van der Waals surface area contributed by atoms with E-state index in [2.05, 4.69) is 10.4 Å². The molecule has 0 radical (unpaired) electrons. The molecular weight excluding hydrogens is 302 g/mol. The minimum absolute atomic E-state index is 0.0115. The summed E-state index contributed by atoms with van der Waals surface area (Å²) in [5, 5.41) is 7.24. The zero-order valence-electron chi connectivity index (χ0n) is 13.2. The van der Waals surface area contributed by atoms with Gasteiger partial charge in [0.05, 0.1) is 5.69 Å². The third-order valence-electron chi connectivity index (χ3n) is 4.24. The smallest absolute Gasteiger partial charge is 0.267 e. The lowest BCUT2D eigenvalue weighted by atomic mass is 9.97. The second-order valence-electron chi connectivity index (χ2n) is 5.84. The molecule has 1 amide bonds. The van der Waals surface area contributed by atoms with Crippen LogP contribution >= 0.6 is 0 Å². The average molecular weight is 319 g/mol. The highest BCUT2D eigenvalue weighted by atomic mass is 16.5. The van der Waals surface area contributed by atoms with Crippen molar-refractivity contribution < 1.29 is 9.53 Å². The molecule has 1 N–H and O–H groups in total. The summed E-state index contributed by atoms with van der Waals surface area (Å²) in [6.07, 6.45) is 1.28. The van der Waals surface area contributed by atoms with Crippen LogP contribution in [-0.2, 0) is 4.79 Å². The number of fused-ring (bicyclic) bond motifs is 1. The molecule has 0 saturated heterocycles. The molecule has 24 heavy (non-hydrogen) atoms. The lowest BCUT2D eigenvalue weighted by Crippen LogP contribution is -2.33. The quantitative estimate of drug-likeness (QED) is 0.805. The van der Waals surface area contributed by atoms with Gasteiger partial charge >= 0.3 is 0 Å². The van der Waals surface area contributed by atoms with Crippen LogP contribution in [0, 0.1) is 0 Å². The number of para-hydroxylation sites is 2. The maximum atomic E-state index is 12.6. The van der Waals surface area contributed by atoms with E-state index in [1.165, 1.54) is 0 Å². The summed E-state index contributed by atoms with van der Waals surface area (Å²) in [5.74, 6) is 1.12. The molecule has 3 aromatic rings. The lowest BCUT2D eigenvalue weighted by molar-refractivity contribution is -0.122. The molecule has 1 aliphatic heterocycles. The minimum atomic E-state index is -0.538. The van der Waals surface area contributed by atoms with E-state index in [1.54, 1.807) is 10.7 Å². The van der Waals surface area contributed by atoms with Crippen LogP contribution in [0.4, 0.5) is 5.82 Å². The van der Waals surface area contributed by atoms with Crippen LogP contribution in [0.3, 0.4) is 0 Å². The van der Waals surface area contributed by atoms with Crippen LogP contribution in [0.1, 0.15) is 18.4 Å². The molecule has 2 heterocycles. The van der Waals surface area contributed by atoms with Gasteiger partial charge in [0.15, 0.2) is 11.9 Å². The molecule has 1 aliphatic rings. The molecule has 0 bridgehead atoms. The van der Waals surface area contributed by atoms with Crippen molar-refractivity contribution >= 4 is 11.7 Å². The topological polar surface area (TPSA) is 56.1 Å². The number of aromatic nitrogens is 2. The van der Waals surface area contributed by atoms with Crippen molar-refractivity contribution in [3.05, 3.63) is 72.4 Å². The van der Waals surface area contributed by atoms with Crippen molar-refractivity contribution in [3.8, 4) is 11.4 Å². The van der Waals surface area contributed by atoms with E-state index in [0.29, 0.717) is 5.82 Å². The number of nitrogens with one attached hydrogen (secondary N) is 1. The Morgan fingerprint density at radius 2 is 1.83 bits per heavy atom. The highest BCUT2D eigenvalue weighted by molar-refractivity contribution is 5.95. The fraction of sp³-hybridized carbons (Fsp3) is 0.158. The fourth-order valence-corrected chi connectivity index (χ4v) is 2.96.